The highest BCUT2D eigenvalue weighted by Gasteiger charge is 2.13. The minimum Gasteiger partial charge on any atom is -0.489 e. The van der Waals surface area contributed by atoms with Crippen molar-refractivity contribution in [2.45, 2.75) is 39.2 Å². The Morgan fingerprint density at radius 3 is 2.83 bits per heavy atom. The fourth-order valence-electron chi connectivity index (χ4n) is 1.65. The van der Waals surface area contributed by atoms with Crippen LogP contribution in [0.3, 0.4) is 0 Å². The molecule has 0 saturated heterocycles. The Hall–Kier alpha value is -1.13. The lowest BCUT2D eigenvalue weighted by Gasteiger charge is -2.08. The Labute approximate surface area is 111 Å². The molecular weight excluding hydrogens is 246 g/mol. The van der Waals surface area contributed by atoms with Crippen LogP contribution in [0.15, 0.2) is 18.2 Å². The van der Waals surface area contributed by atoms with Gasteiger partial charge in [0.15, 0.2) is 0 Å². The van der Waals surface area contributed by atoms with Gasteiger partial charge in [0.25, 0.3) is 0 Å². The third kappa shape index (κ3) is 2.82. The van der Waals surface area contributed by atoms with Gasteiger partial charge in [0.2, 0.25) is 0 Å². The van der Waals surface area contributed by atoms with Crippen LogP contribution in [0.25, 0.3) is 10.2 Å². The van der Waals surface area contributed by atoms with Crippen LogP contribution < -0.4 is 4.74 Å². The standard InChI is InChI=1S/C14H19NO2S/c1-4-9(2)14-15-13-11(17-8-10(3)16)6-5-7-12(13)18-14/h5-7,9-10,16H,4,8H2,1-3H3. The van der Waals surface area contributed by atoms with E-state index in [2.05, 4.69) is 24.9 Å². The molecule has 0 amide bonds. The van der Waals surface area contributed by atoms with Crippen molar-refractivity contribution < 1.29 is 9.84 Å². The number of benzene rings is 1. The van der Waals surface area contributed by atoms with Crippen LogP contribution in [-0.2, 0) is 0 Å². The molecule has 0 aliphatic carbocycles. The lowest BCUT2D eigenvalue weighted by Crippen LogP contribution is -2.12. The summed E-state index contributed by atoms with van der Waals surface area (Å²) in [6.45, 7) is 6.37. The molecule has 1 heterocycles. The van der Waals surface area contributed by atoms with E-state index in [-0.39, 0.29) is 0 Å². The average molecular weight is 265 g/mol. The lowest BCUT2D eigenvalue weighted by atomic mass is 10.1. The van der Waals surface area contributed by atoms with Gasteiger partial charge in [0.05, 0.1) is 15.8 Å². The summed E-state index contributed by atoms with van der Waals surface area (Å²) in [4.78, 5) is 4.67. The number of hydrogen-bond donors (Lipinski definition) is 1. The van der Waals surface area contributed by atoms with Crippen molar-refractivity contribution in [3.05, 3.63) is 23.2 Å². The summed E-state index contributed by atoms with van der Waals surface area (Å²) in [6.07, 6.45) is 0.622. The molecule has 4 heteroatoms. The second-order valence-electron chi connectivity index (χ2n) is 4.62. The molecule has 0 aliphatic heterocycles. The SMILES string of the molecule is CCC(C)c1nc2c(OCC(C)O)cccc2s1. The fourth-order valence-corrected chi connectivity index (χ4v) is 2.77. The molecule has 0 aliphatic rings. The van der Waals surface area contributed by atoms with Gasteiger partial charge in [-0.3, -0.25) is 0 Å². The van der Waals surface area contributed by atoms with Crippen LogP contribution in [0.2, 0.25) is 0 Å². The second kappa shape index (κ2) is 5.67. The predicted octanol–water partition coefficient (Wildman–Crippen LogP) is 3.57. The topological polar surface area (TPSA) is 42.4 Å². The molecule has 0 fully saturated rings. The molecular formula is C14H19NO2S. The van der Waals surface area contributed by atoms with Gasteiger partial charge in [0, 0.05) is 5.92 Å². The van der Waals surface area contributed by atoms with Crippen LogP contribution in [0.1, 0.15) is 38.1 Å². The first-order valence-corrected chi connectivity index (χ1v) is 7.13. The Kier molecular flexibility index (Phi) is 4.19. The maximum Gasteiger partial charge on any atom is 0.146 e. The smallest absolute Gasteiger partial charge is 0.146 e. The minimum atomic E-state index is -0.465. The zero-order chi connectivity index (χ0) is 13.1. The van der Waals surface area contributed by atoms with E-state index in [1.54, 1.807) is 18.3 Å². The number of rotatable bonds is 5. The van der Waals surface area contributed by atoms with Crippen LogP contribution in [0.4, 0.5) is 0 Å². The number of aromatic nitrogens is 1. The van der Waals surface area contributed by atoms with Crippen molar-refractivity contribution in [2.75, 3.05) is 6.61 Å². The molecule has 1 N–H and O–H groups in total. The molecule has 0 radical (unpaired) electrons. The zero-order valence-corrected chi connectivity index (χ0v) is 11.8. The largest absolute Gasteiger partial charge is 0.489 e. The Bertz CT molecular complexity index is 521. The molecule has 1 aromatic carbocycles. The van der Waals surface area contributed by atoms with Gasteiger partial charge in [-0.1, -0.05) is 19.9 Å². The minimum absolute atomic E-state index is 0.301. The highest BCUT2D eigenvalue weighted by molar-refractivity contribution is 7.18. The molecule has 0 bridgehead atoms. The molecule has 2 aromatic rings. The van der Waals surface area contributed by atoms with Crippen LogP contribution in [0, 0.1) is 0 Å². The maximum atomic E-state index is 9.27. The zero-order valence-electron chi connectivity index (χ0n) is 11.0. The highest BCUT2D eigenvalue weighted by Crippen LogP contribution is 2.33. The van der Waals surface area contributed by atoms with Gasteiger partial charge in [0.1, 0.15) is 17.9 Å². The normalized spacial score (nSPS) is 14.7. The number of aliphatic hydroxyl groups is 1. The number of fused-ring (bicyclic) bond motifs is 1. The third-order valence-corrected chi connectivity index (χ3v) is 4.16. The first-order valence-electron chi connectivity index (χ1n) is 6.32. The van der Waals surface area contributed by atoms with E-state index in [4.69, 9.17) is 4.74 Å². The molecule has 2 rings (SSSR count). The third-order valence-electron chi connectivity index (χ3n) is 2.91. The summed E-state index contributed by atoms with van der Waals surface area (Å²) >= 11 is 1.72. The molecule has 0 saturated carbocycles. The van der Waals surface area contributed by atoms with Crippen molar-refractivity contribution >= 4 is 21.6 Å². The van der Waals surface area contributed by atoms with Gasteiger partial charge in [-0.2, -0.15) is 0 Å². The molecule has 1 aromatic heterocycles. The first kappa shape index (κ1) is 13.3. The predicted molar refractivity (Wildman–Crippen MR) is 75.5 cm³/mol. The summed E-state index contributed by atoms with van der Waals surface area (Å²) in [5, 5.41) is 10.4. The van der Waals surface area contributed by atoms with Crippen molar-refractivity contribution in [1.82, 2.24) is 4.98 Å². The van der Waals surface area contributed by atoms with E-state index in [0.29, 0.717) is 12.5 Å². The van der Waals surface area contributed by atoms with Crippen LogP contribution in [-0.4, -0.2) is 22.8 Å². The summed E-state index contributed by atoms with van der Waals surface area (Å²) in [5.41, 5.74) is 0.915. The van der Waals surface area contributed by atoms with Gasteiger partial charge in [-0.25, -0.2) is 4.98 Å². The maximum absolute atomic E-state index is 9.27. The summed E-state index contributed by atoms with van der Waals surface area (Å²) in [6, 6.07) is 5.94. The molecule has 98 valence electrons. The van der Waals surface area contributed by atoms with Crippen molar-refractivity contribution in [3.8, 4) is 5.75 Å². The van der Waals surface area contributed by atoms with E-state index < -0.39 is 6.10 Å². The molecule has 3 nitrogen and oxygen atoms in total. The van der Waals surface area contributed by atoms with Crippen molar-refractivity contribution in [2.24, 2.45) is 0 Å². The van der Waals surface area contributed by atoms with Crippen LogP contribution >= 0.6 is 11.3 Å². The Morgan fingerprint density at radius 2 is 2.17 bits per heavy atom. The van der Waals surface area contributed by atoms with E-state index in [0.717, 1.165) is 27.4 Å². The summed E-state index contributed by atoms with van der Waals surface area (Å²) in [7, 11) is 0. The van der Waals surface area contributed by atoms with Crippen LogP contribution in [0.5, 0.6) is 5.75 Å². The summed E-state index contributed by atoms with van der Waals surface area (Å²) in [5.74, 6) is 1.24. The van der Waals surface area contributed by atoms with Gasteiger partial charge < -0.3 is 9.84 Å². The number of hydrogen-bond acceptors (Lipinski definition) is 4. The van der Waals surface area contributed by atoms with Crippen molar-refractivity contribution in [1.29, 1.82) is 0 Å². The Morgan fingerprint density at radius 1 is 1.39 bits per heavy atom. The van der Waals surface area contributed by atoms with Gasteiger partial charge in [-0.15, -0.1) is 11.3 Å². The average Bonchev–Trinajstić information content (AvgIpc) is 2.79. The first-order chi connectivity index (χ1) is 8.61. The Balaban J connectivity index is 2.33. The number of ether oxygens (including phenoxy) is 1. The molecule has 18 heavy (non-hydrogen) atoms. The fraction of sp³-hybridized carbons (Fsp3) is 0.500. The quantitative estimate of drug-likeness (QED) is 0.898. The number of thiazole rings is 1. The van der Waals surface area contributed by atoms with E-state index in [9.17, 15) is 5.11 Å². The van der Waals surface area contributed by atoms with Crippen molar-refractivity contribution in [3.63, 3.8) is 0 Å². The highest BCUT2D eigenvalue weighted by atomic mass is 32.1. The van der Waals surface area contributed by atoms with Gasteiger partial charge in [-0.05, 0) is 25.5 Å². The lowest BCUT2D eigenvalue weighted by molar-refractivity contribution is 0.123. The molecule has 2 atom stereocenters. The number of para-hydroxylation sites is 1. The van der Waals surface area contributed by atoms with Gasteiger partial charge >= 0.3 is 0 Å². The van der Waals surface area contributed by atoms with E-state index in [1.165, 1.54) is 0 Å². The van der Waals surface area contributed by atoms with E-state index in [1.807, 2.05) is 12.1 Å². The molecule has 2 unspecified atom stereocenters. The molecule has 0 spiro atoms. The number of aliphatic hydroxyl groups excluding tert-OH is 1. The summed E-state index contributed by atoms with van der Waals surface area (Å²) < 4.78 is 6.75. The second-order valence-corrected chi connectivity index (χ2v) is 5.69. The monoisotopic (exact) mass is 265 g/mol. The van der Waals surface area contributed by atoms with E-state index >= 15 is 0 Å². The number of nitrogens with zero attached hydrogens (tertiary/aromatic N) is 1.